The summed E-state index contributed by atoms with van der Waals surface area (Å²) < 4.78 is 5.46. The number of rotatable bonds is 8. The molecule has 1 aromatic carbocycles. The molecule has 0 bridgehead atoms. The summed E-state index contributed by atoms with van der Waals surface area (Å²) in [4.78, 5) is 11.7. The Morgan fingerprint density at radius 1 is 1.30 bits per heavy atom. The SMILES string of the molecule is CCCC(C)NC(=O)COc1ccc(C(N)CC)cc1. The van der Waals surface area contributed by atoms with Crippen molar-refractivity contribution < 1.29 is 9.53 Å². The topological polar surface area (TPSA) is 64.3 Å². The minimum Gasteiger partial charge on any atom is -0.484 e. The molecule has 0 aliphatic heterocycles. The first kappa shape index (κ1) is 16.5. The average molecular weight is 278 g/mol. The van der Waals surface area contributed by atoms with E-state index in [0.717, 1.165) is 24.8 Å². The largest absolute Gasteiger partial charge is 0.484 e. The van der Waals surface area contributed by atoms with Crippen molar-refractivity contribution in [3.63, 3.8) is 0 Å². The Bertz CT molecular complexity index is 403. The van der Waals surface area contributed by atoms with E-state index < -0.39 is 0 Å². The predicted molar refractivity (Wildman–Crippen MR) is 81.7 cm³/mol. The molecule has 0 heterocycles. The Balaban J connectivity index is 2.40. The standard InChI is InChI=1S/C16H26N2O2/c1-4-6-12(3)18-16(19)11-20-14-9-7-13(8-10-14)15(17)5-2/h7-10,12,15H,4-6,11,17H2,1-3H3,(H,18,19). The summed E-state index contributed by atoms with van der Waals surface area (Å²) in [5.74, 6) is 0.607. The molecular weight excluding hydrogens is 252 g/mol. The first-order chi connectivity index (χ1) is 9.56. The molecule has 0 aromatic heterocycles. The molecule has 1 aromatic rings. The van der Waals surface area contributed by atoms with Crippen LogP contribution < -0.4 is 15.8 Å². The summed E-state index contributed by atoms with van der Waals surface area (Å²) in [6, 6.07) is 7.85. The third-order valence-corrected chi connectivity index (χ3v) is 3.25. The van der Waals surface area contributed by atoms with E-state index in [9.17, 15) is 4.79 Å². The van der Waals surface area contributed by atoms with Crippen LogP contribution in [0.15, 0.2) is 24.3 Å². The van der Waals surface area contributed by atoms with Crippen molar-refractivity contribution in [2.75, 3.05) is 6.61 Å². The Labute approximate surface area is 121 Å². The van der Waals surface area contributed by atoms with E-state index in [1.54, 1.807) is 0 Å². The molecule has 4 heteroatoms. The van der Waals surface area contributed by atoms with Crippen molar-refractivity contribution in [2.45, 2.75) is 52.1 Å². The first-order valence-corrected chi connectivity index (χ1v) is 7.34. The third-order valence-electron chi connectivity index (χ3n) is 3.25. The van der Waals surface area contributed by atoms with Crippen LogP contribution in [0, 0.1) is 0 Å². The van der Waals surface area contributed by atoms with Gasteiger partial charge in [-0.3, -0.25) is 4.79 Å². The predicted octanol–water partition coefficient (Wildman–Crippen LogP) is 2.78. The zero-order chi connectivity index (χ0) is 15.0. The molecule has 0 aliphatic rings. The van der Waals surface area contributed by atoms with E-state index in [1.165, 1.54) is 0 Å². The van der Waals surface area contributed by atoms with E-state index in [-0.39, 0.29) is 24.6 Å². The number of carbonyl (C=O) groups excluding carboxylic acids is 1. The number of ether oxygens (including phenoxy) is 1. The van der Waals surface area contributed by atoms with Gasteiger partial charge in [0.1, 0.15) is 5.75 Å². The monoisotopic (exact) mass is 278 g/mol. The lowest BCUT2D eigenvalue weighted by Gasteiger charge is -2.14. The maximum absolute atomic E-state index is 11.7. The van der Waals surface area contributed by atoms with Crippen LogP contribution >= 0.6 is 0 Å². The van der Waals surface area contributed by atoms with Crippen molar-refractivity contribution in [3.8, 4) is 5.75 Å². The Hall–Kier alpha value is -1.55. The van der Waals surface area contributed by atoms with Crippen LogP contribution in [-0.4, -0.2) is 18.6 Å². The molecule has 4 nitrogen and oxygen atoms in total. The number of nitrogens with one attached hydrogen (secondary N) is 1. The molecule has 2 atom stereocenters. The molecule has 112 valence electrons. The van der Waals surface area contributed by atoms with Crippen LogP contribution in [0.4, 0.5) is 0 Å². The van der Waals surface area contributed by atoms with Crippen molar-refractivity contribution >= 4 is 5.91 Å². The average Bonchev–Trinajstić information content (AvgIpc) is 2.45. The van der Waals surface area contributed by atoms with Crippen LogP contribution in [-0.2, 0) is 4.79 Å². The van der Waals surface area contributed by atoms with Gasteiger partial charge in [-0.15, -0.1) is 0 Å². The van der Waals surface area contributed by atoms with Gasteiger partial charge >= 0.3 is 0 Å². The van der Waals surface area contributed by atoms with Crippen molar-refractivity contribution in [1.29, 1.82) is 0 Å². The quantitative estimate of drug-likeness (QED) is 0.768. The summed E-state index contributed by atoms with van der Waals surface area (Å²) in [7, 11) is 0. The van der Waals surface area contributed by atoms with Gasteiger partial charge in [-0.05, 0) is 37.5 Å². The number of hydrogen-bond donors (Lipinski definition) is 2. The summed E-state index contributed by atoms with van der Waals surface area (Å²) in [6.45, 7) is 6.20. The van der Waals surface area contributed by atoms with Crippen LogP contribution in [0.1, 0.15) is 51.6 Å². The highest BCUT2D eigenvalue weighted by atomic mass is 16.5. The molecule has 1 amide bonds. The fraction of sp³-hybridized carbons (Fsp3) is 0.562. The summed E-state index contributed by atoms with van der Waals surface area (Å²) >= 11 is 0. The number of hydrogen-bond acceptors (Lipinski definition) is 3. The highest BCUT2D eigenvalue weighted by Gasteiger charge is 2.08. The molecule has 0 spiro atoms. The fourth-order valence-corrected chi connectivity index (χ4v) is 2.02. The molecule has 20 heavy (non-hydrogen) atoms. The van der Waals surface area contributed by atoms with Crippen molar-refractivity contribution in [1.82, 2.24) is 5.32 Å². The van der Waals surface area contributed by atoms with Crippen LogP contribution in [0.2, 0.25) is 0 Å². The molecule has 2 unspecified atom stereocenters. The van der Waals surface area contributed by atoms with Gasteiger partial charge in [0.05, 0.1) is 0 Å². The van der Waals surface area contributed by atoms with Gasteiger partial charge in [-0.1, -0.05) is 32.4 Å². The van der Waals surface area contributed by atoms with E-state index in [1.807, 2.05) is 31.2 Å². The van der Waals surface area contributed by atoms with E-state index in [4.69, 9.17) is 10.5 Å². The third kappa shape index (κ3) is 5.61. The molecule has 3 N–H and O–H groups in total. The van der Waals surface area contributed by atoms with Crippen molar-refractivity contribution in [3.05, 3.63) is 29.8 Å². The van der Waals surface area contributed by atoms with Gasteiger partial charge in [0.25, 0.3) is 5.91 Å². The maximum atomic E-state index is 11.7. The highest BCUT2D eigenvalue weighted by molar-refractivity contribution is 5.77. The van der Waals surface area contributed by atoms with Gasteiger partial charge in [-0.2, -0.15) is 0 Å². The lowest BCUT2D eigenvalue weighted by atomic mass is 10.1. The second-order valence-corrected chi connectivity index (χ2v) is 5.13. The van der Waals surface area contributed by atoms with Gasteiger partial charge in [-0.25, -0.2) is 0 Å². The normalized spacial score (nSPS) is 13.6. The maximum Gasteiger partial charge on any atom is 0.258 e. The summed E-state index contributed by atoms with van der Waals surface area (Å²) in [5.41, 5.74) is 7.03. The number of nitrogens with two attached hydrogens (primary N) is 1. The highest BCUT2D eigenvalue weighted by Crippen LogP contribution is 2.18. The lowest BCUT2D eigenvalue weighted by Crippen LogP contribution is -2.35. The Kier molecular flexibility index (Phi) is 7.09. The van der Waals surface area contributed by atoms with Gasteiger partial charge < -0.3 is 15.8 Å². The Morgan fingerprint density at radius 2 is 1.95 bits per heavy atom. The number of benzene rings is 1. The summed E-state index contributed by atoms with van der Waals surface area (Å²) in [6.07, 6.45) is 2.94. The van der Waals surface area contributed by atoms with Crippen LogP contribution in [0.3, 0.4) is 0 Å². The van der Waals surface area contributed by atoms with Crippen molar-refractivity contribution in [2.24, 2.45) is 5.73 Å². The Morgan fingerprint density at radius 3 is 2.50 bits per heavy atom. The fourth-order valence-electron chi connectivity index (χ4n) is 2.02. The van der Waals surface area contributed by atoms with E-state index in [2.05, 4.69) is 19.2 Å². The molecule has 1 rings (SSSR count). The molecule has 0 aliphatic carbocycles. The second-order valence-electron chi connectivity index (χ2n) is 5.13. The van der Waals surface area contributed by atoms with Gasteiger partial charge in [0.15, 0.2) is 6.61 Å². The zero-order valence-corrected chi connectivity index (χ0v) is 12.7. The zero-order valence-electron chi connectivity index (χ0n) is 12.7. The second kappa shape index (κ2) is 8.59. The summed E-state index contributed by atoms with van der Waals surface area (Å²) in [5, 5.41) is 2.91. The van der Waals surface area contributed by atoms with E-state index >= 15 is 0 Å². The number of carbonyl (C=O) groups is 1. The van der Waals surface area contributed by atoms with Crippen LogP contribution in [0.5, 0.6) is 5.75 Å². The van der Waals surface area contributed by atoms with E-state index in [0.29, 0.717) is 5.75 Å². The number of amides is 1. The molecule has 0 saturated carbocycles. The van der Waals surface area contributed by atoms with Crippen LogP contribution in [0.25, 0.3) is 0 Å². The molecular formula is C16H26N2O2. The minimum atomic E-state index is -0.0831. The van der Waals surface area contributed by atoms with Gasteiger partial charge in [0, 0.05) is 12.1 Å². The first-order valence-electron chi connectivity index (χ1n) is 7.34. The molecule has 0 radical (unpaired) electrons. The molecule has 0 fully saturated rings. The molecule has 0 saturated heterocycles. The lowest BCUT2D eigenvalue weighted by molar-refractivity contribution is -0.123. The van der Waals surface area contributed by atoms with Gasteiger partial charge in [0.2, 0.25) is 0 Å². The minimum absolute atomic E-state index is 0.0488. The smallest absolute Gasteiger partial charge is 0.258 e.